The molecule has 0 N–H and O–H groups in total. The minimum atomic E-state index is -0.230. The van der Waals surface area contributed by atoms with Gasteiger partial charge in [0, 0.05) is 24.4 Å². The maximum absolute atomic E-state index is 13.1. The average molecular weight is 371 g/mol. The Balaban J connectivity index is 1.63. The number of imidazole rings is 1. The zero-order chi connectivity index (χ0) is 19.7. The summed E-state index contributed by atoms with van der Waals surface area (Å²) in [7, 11) is 2.01. The highest BCUT2D eigenvalue weighted by molar-refractivity contribution is 6.02. The lowest BCUT2D eigenvalue weighted by molar-refractivity contribution is 0.0749. The van der Waals surface area contributed by atoms with Gasteiger partial charge in [0.15, 0.2) is 5.78 Å². The Hall–Kier alpha value is -2.93. The second kappa shape index (κ2) is 7.24. The summed E-state index contributed by atoms with van der Waals surface area (Å²) >= 11 is 0. The quantitative estimate of drug-likeness (QED) is 0.593. The Morgan fingerprint density at radius 1 is 1.14 bits per heavy atom. The van der Waals surface area contributed by atoms with Gasteiger partial charge in [0.25, 0.3) is 0 Å². The van der Waals surface area contributed by atoms with Crippen molar-refractivity contribution in [2.45, 2.75) is 45.4 Å². The van der Waals surface area contributed by atoms with Crippen molar-refractivity contribution in [1.82, 2.24) is 9.55 Å². The van der Waals surface area contributed by atoms with Crippen LogP contribution in [0, 0.1) is 16.7 Å². The van der Waals surface area contributed by atoms with E-state index in [1.165, 1.54) is 6.42 Å². The van der Waals surface area contributed by atoms with Crippen molar-refractivity contribution in [3.63, 3.8) is 0 Å². The van der Waals surface area contributed by atoms with E-state index in [-0.39, 0.29) is 11.2 Å². The van der Waals surface area contributed by atoms with Gasteiger partial charge >= 0.3 is 0 Å². The Labute approximate surface area is 165 Å². The van der Waals surface area contributed by atoms with Crippen molar-refractivity contribution >= 4 is 16.8 Å². The number of hydrogen-bond acceptors (Lipinski definition) is 3. The molecule has 2 aromatic carbocycles. The lowest BCUT2D eigenvalue weighted by atomic mass is 9.71. The van der Waals surface area contributed by atoms with Gasteiger partial charge in [0.05, 0.1) is 22.7 Å². The highest BCUT2D eigenvalue weighted by atomic mass is 16.1. The number of carbonyl (C=O) groups excluding carboxylic acids is 1. The van der Waals surface area contributed by atoms with Crippen LogP contribution < -0.4 is 0 Å². The van der Waals surface area contributed by atoms with Crippen LogP contribution in [0.5, 0.6) is 0 Å². The van der Waals surface area contributed by atoms with Crippen LogP contribution in [-0.4, -0.2) is 15.3 Å². The average Bonchev–Trinajstić information content (AvgIpc) is 3.03. The molecule has 0 radical (unpaired) electrons. The molecule has 1 aromatic heterocycles. The minimum absolute atomic E-state index is 0.230. The summed E-state index contributed by atoms with van der Waals surface area (Å²) in [6, 6.07) is 15.7. The molecule has 0 saturated heterocycles. The van der Waals surface area contributed by atoms with Crippen LogP contribution in [0.4, 0.5) is 0 Å². The predicted octanol–water partition coefficient (Wildman–Crippen LogP) is 5.19. The zero-order valence-corrected chi connectivity index (χ0v) is 16.5. The Morgan fingerprint density at radius 2 is 1.86 bits per heavy atom. The molecule has 0 bridgehead atoms. The Bertz CT molecular complexity index is 1060. The first-order valence-electron chi connectivity index (χ1n) is 9.99. The number of fused-ring (bicyclic) bond motifs is 1. The van der Waals surface area contributed by atoms with E-state index in [9.17, 15) is 4.79 Å². The molecule has 142 valence electrons. The monoisotopic (exact) mass is 371 g/mol. The molecule has 0 aliphatic heterocycles. The summed E-state index contributed by atoms with van der Waals surface area (Å²) in [5, 5.41) is 8.95. The molecule has 1 heterocycles. The topological polar surface area (TPSA) is 58.7 Å². The van der Waals surface area contributed by atoms with E-state index in [2.05, 4.69) is 17.6 Å². The highest BCUT2D eigenvalue weighted by Crippen LogP contribution is 2.39. The molecule has 3 aromatic rings. The van der Waals surface area contributed by atoms with Gasteiger partial charge in [-0.1, -0.05) is 38.3 Å². The number of Topliss-reactive ketones (excluding diaryl/α,β-unsaturated/α-hetero) is 1. The second-order valence-corrected chi connectivity index (χ2v) is 8.23. The molecule has 28 heavy (non-hydrogen) atoms. The third-order valence-electron chi connectivity index (χ3n) is 6.19. The molecule has 0 atom stereocenters. The third-order valence-corrected chi connectivity index (χ3v) is 6.19. The van der Waals surface area contributed by atoms with Gasteiger partial charge in [0.1, 0.15) is 5.82 Å². The van der Waals surface area contributed by atoms with Gasteiger partial charge in [-0.25, -0.2) is 4.98 Å². The number of benzene rings is 2. The van der Waals surface area contributed by atoms with Gasteiger partial charge in [-0.2, -0.15) is 5.26 Å². The smallest absolute Gasteiger partial charge is 0.168 e. The second-order valence-electron chi connectivity index (χ2n) is 8.23. The first kappa shape index (κ1) is 18.4. The van der Waals surface area contributed by atoms with Gasteiger partial charge in [-0.15, -0.1) is 0 Å². The fraction of sp³-hybridized carbons (Fsp3) is 0.375. The summed E-state index contributed by atoms with van der Waals surface area (Å²) in [4.78, 5) is 18.0. The van der Waals surface area contributed by atoms with Crippen LogP contribution >= 0.6 is 0 Å². The molecule has 4 nitrogen and oxygen atoms in total. The van der Waals surface area contributed by atoms with E-state index in [1.807, 2.05) is 49.5 Å². The minimum Gasteiger partial charge on any atom is -0.331 e. The van der Waals surface area contributed by atoms with E-state index >= 15 is 0 Å². The first-order chi connectivity index (χ1) is 13.5. The van der Waals surface area contributed by atoms with Crippen LogP contribution in [0.1, 0.15) is 66.3 Å². The Kier molecular flexibility index (Phi) is 4.77. The molecule has 0 amide bonds. The lowest BCUT2D eigenvalue weighted by Crippen LogP contribution is -2.30. The largest absolute Gasteiger partial charge is 0.331 e. The van der Waals surface area contributed by atoms with E-state index in [1.54, 1.807) is 0 Å². The molecular weight excluding hydrogens is 346 g/mol. The van der Waals surface area contributed by atoms with Gasteiger partial charge in [-0.3, -0.25) is 4.79 Å². The van der Waals surface area contributed by atoms with Crippen molar-refractivity contribution in [3.05, 3.63) is 65.0 Å². The number of carbonyl (C=O) groups is 1. The first-order valence-corrected chi connectivity index (χ1v) is 9.99. The van der Waals surface area contributed by atoms with Crippen LogP contribution in [0.25, 0.3) is 11.0 Å². The standard InChI is InChI=1S/C24H25N3O/c1-24(12-4-3-5-13-24)23(28)19-10-11-21-20(15-19)26-22(27(21)2)14-17-6-8-18(16-25)9-7-17/h6-11,15H,3-5,12-14H2,1-2H3. The predicted molar refractivity (Wildman–Crippen MR) is 110 cm³/mol. The van der Waals surface area contributed by atoms with Crippen LogP contribution in [0.2, 0.25) is 0 Å². The van der Waals surface area contributed by atoms with Gasteiger partial charge in [-0.05, 0) is 48.7 Å². The summed E-state index contributed by atoms with van der Waals surface area (Å²) in [5.41, 5.74) is 4.23. The lowest BCUT2D eigenvalue weighted by Gasteiger charge is -2.32. The van der Waals surface area contributed by atoms with Gasteiger partial charge in [0.2, 0.25) is 0 Å². The van der Waals surface area contributed by atoms with E-state index in [0.29, 0.717) is 12.0 Å². The number of hydrogen-bond donors (Lipinski definition) is 0. The number of aryl methyl sites for hydroxylation is 1. The van der Waals surface area contributed by atoms with Crippen LogP contribution in [0.15, 0.2) is 42.5 Å². The van der Waals surface area contributed by atoms with Crippen LogP contribution in [-0.2, 0) is 13.5 Å². The maximum Gasteiger partial charge on any atom is 0.168 e. The molecule has 1 aliphatic rings. The van der Waals surface area contributed by atoms with Crippen molar-refractivity contribution in [2.75, 3.05) is 0 Å². The number of aromatic nitrogens is 2. The fourth-order valence-corrected chi connectivity index (χ4v) is 4.34. The molecule has 0 unspecified atom stereocenters. The normalized spacial score (nSPS) is 16.0. The molecule has 1 aliphatic carbocycles. The third kappa shape index (κ3) is 3.33. The highest BCUT2D eigenvalue weighted by Gasteiger charge is 2.35. The van der Waals surface area contributed by atoms with Crippen molar-refractivity contribution in [1.29, 1.82) is 5.26 Å². The number of nitriles is 1. The molecule has 1 saturated carbocycles. The molecule has 0 spiro atoms. The van der Waals surface area contributed by atoms with Crippen molar-refractivity contribution < 1.29 is 4.79 Å². The number of ketones is 1. The van der Waals surface area contributed by atoms with Crippen LogP contribution in [0.3, 0.4) is 0 Å². The van der Waals surface area contributed by atoms with Crippen molar-refractivity contribution in [2.24, 2.45) is 12.5 Å². The van der Waals surface area contributed by atoms with Crippen molar-refractivity contribution in [3.8, 4) is 6.07 Å². The molecule has 4 heteroatoms. The Morgan fingerprint density at radius 3 is 2.54 bits per heavy atom. The summed E-state index contributed by atoms with van der Waals surface area (Å²) in [5.74, 6) is 1.21. The van der Waals surface area contributed by atoms with E-state index in [4.69, 9.17) is 10.2 Å². The molecule has 4 rings (SSSR count). The van der Waals surface area contributed by atoms with E-state index in [0.717, 1.165) is 53.7 Å². The molecular formula is C24H25N3O. The summed E-state index contributed by atoms with van der Waals surface area (Å²) < 4.78 is 2.09. The fourth-order valence-electron chi connectivity index (χ4n) is 4.34. The molecule has 1 fully saturated rings. The summed E-state index contributed by atoms with van der Waals surface area (Å²) in [6.07, 6.45) is 6.18. The maximum atomic E-state index is 13.1. The zero-order valence-electron chi connectivity index (χ0n) is 16.5. The summed E-state index contributed by atoms with van der Waals surface area (Å²) in [6.45, 7) is 2.12. The number of rotatable bonds is 4. The van der Waals surface area contributed by atoms with E-state index < -0.39 is 0 Å². The van der Waals surface area contributed by atoms with Gasteiger partial charge < -0.3 is 4.57 Å². The number of nitrogens with zero attached hydrogens (tertiary/aromatic N) is 3. The SMILES string of the molecule is Cn1c(Cc2ccc(C#N)cc2)nc2cc(C(=O)C3(C)CCCCC3)ccc21.